The fraction of sp³-hybridized carbons (Fsp3) is 0. The molecule has 1 heterocycles. The average Bonchev–Trinajstić information content (AvgIpc) is 2.04. The second-order valence-corrected chi connectivity index (χ2v) is 2.55. The topological polar surface area (TPSA) is 26.0 Å². The zero-order chi connectivity index (χ0) is 7.68. The maximum Gasteiger partial charge on any atom is 0.209 e. The van der Waals surface area contributed by atoms with Crippen molar-refractivity contribution in [1.82, 2.24) is 4.98 Å². The summed E-state index contributed by atoms with van der Waals surface area (Å²) < 4.78 is 5.63. The van der Waals surface area contributed by atoms with E-state index in [9.17, 15) is 0 Å². The number of aromatic nitrogens is 1. The van der Waals surface area contributed by atoms with Gasteiger partial charge in [-0.2, -0.15) is 0 Å². The first-order valence-corrected chi connectivity index (χ1v) is 3.62. The maximum absolute atomic E-state index is 5.21. The normalized spacial score (nSPS) is 10.2. The molecule has 0 N–H and O–H groups in total. The van der Waals surface area contributed by atoms with Gasteiger partial charge in [0.05, 0.1) is 6.20 Å². The molecule has 2 nitrogen and oxygen atoms in total. The lowest BCUT2D eigenvalue weighted by Gasteiger charge is -1.91. The van der Waals surface area contributed by atoms with Gasteiger partial charge >= 0.3 is 0 Å². The third-order valence-corrected chi connectivity index (χ3v) is 1.57. The molecule has 0 saturated carbocycles. The molecule has 11 heavy (non-hydrogen) atoms. The highest BCUT2D eigenvalue weighted by Gasteiger charge is 1.91. The predicted octanol–water partition coefficient (Wildman–Crippen LogP) is 2.56. The van der Waals surface area contributed by atoms with E-state index in [1.165, 1.54) is 6.20 Å². The minimum atomic E-state index is 0.420. The van der Waals surface area contributed by atoms with Crippen molar-refractivity contribution in [3.05, 3.63) is 35.2 Å². The van der Waals surface area contributed by atoms with E-state index in [0.717, 1.165) is 11.1 Å². The fourth-order valence-electron chi connectivity index (χ4n) is 0.907. The molecule has 0 unspecified atom stereocenters. The molecule has 1 aromatic heterocycles. The van der Waals surface area contributed by atoms with Gasteiger partial charge in [0.2, 0.25) is 4.71 Å². The summed E-state index contributed by atoms with van der Waals surface area (Å²) >= 11 is 4.81. The molecule has 0 fully saturated rings. The Kier molecular flexibility index (Phi) is 1.43. The monoisotopic (exact) mass is 163 g/mol. The van der Waals surface area contributed by atoms with Crippen LogP contribution in [0, 0.1) is 4.71 Å². The summed E-state index contributed by atoms with van der Waals surface area (Å²) in [6.45, 7) is 0. The van der Waals surface area contributed by atoms with Crippen molar-refractivity contribution >= 4 is 23.3 Å². The van der Waals surface area contributed by atoms with E-state index in [4.69, 9.17) is 16.6 Å². The van der Waals surface area contributed by atoms with Gasteiger partial charge in [-0.1, -0.05) is 12.1 Å². The minimum Gasteiger partial charge on any atom is -0.442 e. The minimum absolute atomic E-state index is 0.420. The van der Waals surface area contributed by atoms with Gasteiger partial charge in [0.15, 0.2) is 5.58 Å². The summed E-state index contributed by atoms with van der Waals surface area (Å²) in [5.41, 5.74) is 1.57. The lowest BCUT2D eigenvalue weighted by atomic mass is 10.3. The summed E-state index contributed by atoms with van der Waals surface area (Å²) in [5.74, 6) is 0. The number of nitrogens with zero attached hydrogens (tertiary/aromatic N) is 1. The fourth-order valence-corrected chi connectivity index (χ4v) is 1.05. The van der Waals surface area contributed by atoms with Crippen LogP contribution in [-0.4, -0.2) is 4.98 Å². The van der Waals surface area contributed by atoms with Crippen LogP contribution in [0.2, 0.25) is 0 Å². The molecule has 1 aromatic carbocycles. The first-order valence-electron chi connectivity index (χ1n) is 3.21. The van der Waals surface area contributed by atoms with Gasteiger partial charge in [0.25, 0.3) is 0 Å². The third kappa shape index (κ3) is 1.14. The Morgan fingerprint density at radius 2 is 2.09 bits per heavy atom. The van der Waals surface area contributed by atoms with Crippen molar-refractivity contribution in [3.63, 3.8) is 0 Å². The summed E-state index contributed by atoms with van der Waals surface area (Å²) in [7, 11) is 0. The van der Waals surface area contributed by atoms with Crippen LogP contribution in [-0.2, 0) is 0 Å². The van der Waals surface area contributed by atoms with Crippen LogP contribution in [0.25, 0.3) is 11.1 Å². The second kappa shape index (κ2) is 2.43. The van der Waals surface area contributed by atoms with Crippen LogP contribution in [0.1, 0.15) is 0 Å². The van der Waals surface area contributed by atoms with E-state index < -0.39 is 0 Å². The summed E-state index contributed by atoms with van der Waals surface area (Å²) in [4.78, 5) is 4.08. The Hall–Kier alpha value is -1.22. The van der Waals surface area contributed by atoms with E-state index in [-0.39, 0.29) is 0 Å². The highest BCUT2D eigenvalue weighted by molar-refractivity contribution is 7.71. The number of hydrogen-bond acceptors (Lipinski definition) is 3. The van der Waals surface area contributed by atoms with Gasteiger partial charge in [-0.25, -0.2) is 4.98 Å². The van der Waals surface area contributed by atoms with Crippen LogP contribution < -0.4 is 0 Å². The number of rotatable bonds is 0. The number of fused-ring (bicyclic) bond motifs is 1. The molecule has 0 aliphatic rings. The van der Waals surface area contributed by atoms with Gasteiger partial charge in [0, 0.05) is 0 Å². The van der Waals surface area contributed by atoms with Gasteiger partial charge in [-0.15, -0.1) is 0 Å². The van der Waals surface area contributed by atoms with E-state index >= 15 is 0 Å². The Morgan fingerprint density at radius 3 is 3.00 bits per heavy atom. The van der Waals surface area contributed by atoms with Gasteiger partial charge in [-0.3, -0.25) is 0 Å². The molecule has 0 bridgehead atoms. The smallest absolute Gasteiger partial charge is 0.209 e. The summed E-state index contributed by atoms with van der Waals surface area (Å²) in [6, 6.07) is 7.53. The zero-order valence-corrected chi connectivity index (χ0v) is 6.47. The molecule has 0 aliphatic carbocycles. The lowest BCUT2D eigenvalue weighted by Crippen LogP contribution is -1.75. The lowest BCUT2D eigenvalue weighted by molar-refractivity contribution is 0.580. The number of benzene rings is 1. The van der Waals surface area contributed by atoms with Gasteiger partial charge in [-0.05, 0) is 24.4 Å². The standard InChI is InChI=1S/C8H5NOS/c11-8-5-9-6-3-1-2-4-7(6)10-8/h1-5H. The second-order valence-electron chi connectivity index (χ2n) is 2.15. The van der Waals surface area contributed by atoms with Crippen LogP contribution in [0.3, 0.4) is 0 Å². The molecule has 54 valence electrons. The highest BCUT2D eigenvalue weighted by Crippen LogP contribution is 2.09. The molecular formula is C8H5NOS. The molecule has 0 saturated heterocycles. The average molecular weight is 163 g/mol. The van der Waals surface area contributed by atoms with Crippen molar-refractivity contribution in [2.75, 3.05) is 0 Å². The molecule has 3 heteroatoms. The molecule has 2 rings (SSSR count). The molecule has 0 spiro atoms. The van der Waals surface area contributed by atoms with Crippen molar-refractivity contribution in [3.8, 4) is 0 Å². The third-order valence-electron chi connectivity index (χ3n) is 1.38. The van der Waals surface area contributed by atoms with Crippen molar-refractivity contribution < 1.29 is 4.42 Å². The Balaban J connectivity index is 2.94. The zero-order valence-electron chi connectivity index (χ0n) is 5.65. The van der Waals surface area contributed by atoms with Crippen molar-refractivity contribution in [1.29, 1.82) is 0 Å². The molecular weight excluding hydrogens is 158 g/mol. The van der Waals surface area contributed by atoms with Gasteiger partial charge < -0.3 is 4.42 Å². The van der Waals surface area contributed by atoms with E-state index in [0.29, 0.717) is 4.71 Å². The number of para-hydroxylation sites is 2. The molecule has 0 atom stereocenters. The number of hydrogen-bond donors (Lipinski definition) is 0. The molecule has 0 radical (unpaired) electrons. The molecule has 0 aliphatic heterocycles. The quantitative estimate of drug-likeness (QED) is 0.558. The summed E-state index contributed by atoms with van der Waals surface area (Å²) in [6.07, 6.45) is 1.54. The predicted molar refractivity (Wildman–Crippen MR) is 44.8 cm³/mol. The Bertz CT molecular complexity index is 435. The van der Waals surface area contributed by atoms with E-state index in [1.54, 1.807) is 0 Å². The van der Waals surface area contributed by atoms with E-state index in [1.807, 2.05) is 24.3 Å². The Morgan fingerprint density at radius 1 is 1.27 bits per heavy atom. The highest BCUT2D eigenvalue weighted by atomic mass is 32.1. The summed E-state index contributed by atoms with van der Waals surface area (Å²) in [5, 5.41) is 0. The maximum atomic E-state index is 5.21. The van der Waals surface area contributed by atoms with Crippen LogP contribution in [0.15, 0.2) is 34.9 Å². The van der Waals surface area contributed by atoms with Crippen LogP contribution in [0.4, 0.5) is 0 Å². The van der Waals surface area contributed by atoms with Gasteiger partial charge in [0.1, 0.15) is 5.52 Å². The SMILES string of the molecule is S=c1cnc2ccccc2o1. The van der Waals surface area contributed by atoms with Crippen molar-refractivity contribution in [2.24, 2.45) is 0 Å². The first-order chi connectivity index (χ1) is 5.36. The van der Waals surface area contributed by atoms with Crippen LogP contribution >= 0.6 is 12.2 Å². The Labute approximate surface area is 68.5 Å². The largest absolute Gasteiger partial charge is 0.442 e. The van der Waals surface area contributed by atoms with E-state index in [2.05, 4.69) is 4.98 Å². The van der Waals surface area contributed by atoms with Crippen LogP contribution in [0.5, 0.6) is 0 Å². The van der Waals surface area contributed by atoms with Crippen molar-refractivity contribution in [2.45, 2.75) is 0 Å². The first kappa shape index (κ1) is 6.49. The molecule has 2 aromatic rings. The molecule has 0 amide bonds.